The fraction of sp³-hybridized carbons (Fsp3) is 0.500. The number of ketones is 1. The quantitative estimate of drug-likeness (QED) is 0.0313. The Balaban J connectivity index is 0.000000142. The molecule has 5 aromatic heterocycles. The van der Waals surface area contributed by atoms with Gasteiger partial charge in [-0.3, -0.25) is 38.4 Å². The number of carbonyl (C=O) groups excluding carboxylic acids is 8. The van der Waals surface area contributed by atoms with Crippen LogP contribution >= 0.6 is 0 Å². The van der Waals surface area contributed by atoms with E-state index in [1.807, 2.05) is 73.2 Å². The van der Waals surface area contributed by atoms with E-state index in [2.05, 4.69) is 81.7 Å². The van der Waals surface area contributed by atoms with Gasteiger partial charge < -0.3 is 99.9 Å². The third-order valence-electron chi connectivity index (χ3n) is 27.7. The lowest BCUT2D eigenvalue weighted by Gasteiger charge is -2.34. The molecule has 140 heavy (non-hydrogen) atoms. The number of alkyl halides is 1. The van der Waals surface area contributed by atoms with Gasteiger partial charge in [0.15, 0.2) is 17.5 Å². The highest BCUT2D eigenvalue weighted by Crippen LogP contribution is 2.48. The molecule has 744 valence electrons. The number of hydrogen-bond acceptors (Lipinski definition) is 29. The van der Waals surface area contributed by atoms with Gasteiger partial charge in [-0.05, 0) is 172 Å². The molecule has 0 spiro atoms. The molecule has 1 saturated heterocycles. The van der Waals surface area contributed by atoms with Gasteiger partial charge in [0, 0.05) is 164 Å². The smallest absolute Gasteiger partial charge is 0.254 e. The Morgan fingerprint density at radius 3 is 1.10 bits per heavy atom. The third-order valence-corrected chi connectivity index (χ3v) is 27.7. The Hall–Kier alpha value is -14.1. The molecule has 1 atom stereocenters. The van der Waals surface area contributed by atoms with Gasteiger partial charge in [0.1, 0.15) is 57.8 Å². The van der Waals surface area contributed by atoms with Gasteiger partial charge in [-0.2, -0.15) is 19.9 Å². The number of nitrogens with one attached hydrogen (secondary N) is 7. The van der Waals surface area contributed by atoms with Gasteiger partial charge in [-0.1, -0.05) is 52.4 Å². The van der Waals surface area contributed by atoms with Crippen LogP contribution in [0.4, 0.5) is 91.3 Å². The number of aryl methyl sites for hydroxylation is 1. The minimum absolute atomic E-state index is 0.0394. The van der Waals surface area contributed by atoms with Gasteiger partial charge in [0.25, 0.3) is 23.6 Å². The highest BCUT2D eigenvalue weighted by Gasteiger charge is 2.47. The van der Waals surface area contributed by atoms with Crippen molar-refractivity contribution in [1.82, 2.24) is 70.3 Å². The summed E-state index contributed by atoms with van der Waals surface area (Å²) < 4.78 is 37.6. The Morgan fingerprint density at radius 2 is 0.757 bits per heavy atom. The average molecular weight is 1920 g/mol. The van der Waals surface area contributed by atoms with Crippen molar-refractivity contribution < 1.29 is 61.7 Å². The lowest BCUT2D eigenvalue weighted by Crippen LogP contribution is -2.45. The molecule has 37 nitrogen and oxygen atoms in total. The number of Topliss-reactive ketones (excluding diaryl/α,β-unsaturated/α-hetero) is 1. The molecule has 4 aliphatic carbocycles. The summed E-state index contributed by atoms with van der Waals surface area (Å²) in [6.07, 6.45) is 26.7. The number of hydrogen-bond donors (Lipinski definition) is 7. The van der Waals surface area contributed by atoms with Crippen molar-refractivity contribution in [3.63, 3.8) is 0 Å². The molecule has 5 aliphatic heterocycles. The number of likely N-dealkylation sites (tertiary alicyclic amines) is 1. The van der Waals surface area contributed by atoms with Gasteiger partial charge in [-0.25, -0.2) is 29.3 Å². The van der Waals surface area contributed by atoms with Gasteiger partial charge in [0.05, 0.1) is 105 Å². The van der Waals surface area contributed by atoms with Gasteiger partial charge >= 0.3 is 0 Å². The molecule has 38 heteroatoms. The number of anilines is 15. The van der Waals surface area contributed by atoms with Crippen LogP contribution < -0.4 is 90.5 Å². The molecule has 7 amide bonds. The SMILES string of the molecule is CNC(=O)c1ccc(Nc2ncc3c(n2)N(C2CC2)CC(C)(C)C(=O)N3C)c(OC)c1.CNC(=O)c1ccc(Nc2ncc3c(n2)N(C2CCCC2)CC(C)(C)C(=O)C3)c(OC)c1.COc1cc(C(=O)N2CC[C@H](F)C2)ccc1Nc1ncc2c(n1)N(C1CCCC1)CC(C)(C)C(=O)N2C.COc1cc(C(=O)NCCc2cn(C)cn2)ccc1Nc1ncc2c(n1)N(C1CCCC1)CC(C)(C)C(=O)N2C. The van der Waals surface area contributed by atoms with Crippen LogP contribution in [0, 0.1) is 21.7 Å². The van der Waals surface area contributed by atoms with Crippen molar-refractivity contribution in [1.29, 1.82) is 0 Å². The number of imidazole rings is 1. The molecule has 0 bridgehead atoms. The number of nitrogens with zero attached hydrogens (tertiary/aromatic N) is 18. The third kappa shape index (κ3) is 22.3. The Morgan fingerprint density at radius 1 is 0.421 bits per heavy atom. The predicted octanol–water partition coefficient (Wildman–Crippen LogP) is 13.9. The Kier molecular flexibility index (Phi) is 30.3. The summed E-state index contributed by atoms with van der Waals surface area (Å²) in [6, 6.07) is 22.1. The number of amides is 7. The Bertz CT molecular complexity index is 6110. The first kappa shape index (κ1) is 100. The van der Waals surface area contributed by atoms with Gasteiger partial charge in [0.2, 0.25) is 41.5 Å². The largest absolute Gasteiger partial charge is 0.495 e. The zero-order valence-electron chi connectivity index (χ0n) is 83.6. The number of halogens is 1. The summed E-state index contributed by atoms with van der Waals surface area (Å²) in [4.78, 5) is 159. The van der Waals surface area contributed by atoms with Crippen LogP contribution in [0.2, 0.25) is 0 Å². The fourth-order valence-electron chi connectivity index (χ4n) is 19.7. The minimum Gasteiger partial charge on any atom is -0.495 e. The van der Waals surface area contributed by atoms with Gasteiger partial charge in [-0.15, -0.1) is 0 Å². The van der Waals surface area contributed by atoms with Crippen molar-refractivity contribution in [3.8, 4) is 23.0 Å². The van der Waals surface area contributed by atoms with E-state index in [4.69, 9.17) is 38.9 Å². The first-order valence-electron chi connectivity index (χ1n) is 48.3. The van der Waals surface area contributed by atoms with E-state index in [0.29, 0.717) is 192 Å². The molecule has 0 unspecified atom stereocenters. The number of methoxy groups -OCH3 is 4. The molecule has 5 fully saturated rings. The van der Waals surface area contributed by atoms with E-state index in [9.17, 15) is 42.7 Å². The maximum atomic E-state index is 13.6. The molecule has 4 aromatic carbocycles. The van der Waals surface area contributed by atoms with Crippen molar-refractivity contribution in [3.05, 3.63) is 144 Å². The molecule has 7 N–H and O–H groups in total. The number of aromatic nitrogens is 10. The normalized spacial score (nSPS) is 18.6. The van der Waals surface area contributed by atoms with E-state index in [1.54, 1.807) is 175 Å². The predicted molar refractivity (Wildman–Crippen MR) is 538 cm³/mol. The Labute approximate surface area is 817 Å². The lowest BCUT2D eigenvalue weighted by molar-refractivity contribution is -0.126. The van der Waals surface area contributed by atoms with Crippen LogP contribution in [0.1, 0.15) is 204 Å². The molecule has 10 heterocycles. The summed E-state index contributed by atoms with van der Waals surface area (Å²) >= 11 is 0. The topological polar surface area (TPSA) is 405 Å². The second kappa shape index (κ2) is 42.3. The second-order valence-electron chi connectivity index (χ2n) is 40.0. The van der Waals surface area contributed by atoms with Crippen LogP contribution in [0.25, 0.3) is 0 Å². The molecule has 0 radical (unpaired) electrons. The maximum absolute atomic E-state index is 13.6. The first-order valence-corrected chi connectivity index (χ1v) is 48.3. The number of rotatable bonds is 23. The van der Waals surface area contributed by atoms with Crippen LogP contribution in [0.3, 0.4) is 0 Å². The highest BCUT2D eigenvalue weighted by atomic mass is 19.1. The van der Waals surface area contributed by atoms with E-state index in [-0.39, 0.29) is 53.7 Å². The fourth-order valence-corrected chi connectivity index (χ4v) is 19.7. The molecule has 4 saturated carbocycles. The summed E-state index contributed by atoms with van der Waals surface area (Å²) in [5.41, 5.74) is 6.31. The highest BCUT2D eigenvalue weighted by molar-refractivity contribution is 6.04. The molecule has 9 aliphatic rings. The first-order chi connectivity index (χ1) is 66.9. The summed E-state index contributed by atoms with van der Waals surface area (Å²) in [5, 5.41) is 21.1. The molecule has 9 aromatic rings. The monoisotopic (exact) mass is 1920 g/mol. The van der Waals surface area contributed by atoms with Crippen molar-refractivity contribution >= 4 is 134 Å². The van der Waals surface area contributed by atoms with Crippen molar-refractivity contribution in [2.75, 3.05) is 165 Å². The van der Waals surface area contributed by atoms with E-state index >= 15 is 0 Å². The van der Waals surface area contributed by atoms with Crippen molar-refractivity contribution in [2.24, 2.45) is 28.7 Å². The maximum Gasteiger partial charge on any atom is 0.254 e. The minimum atomic E-state index is -0.971. The van der Waals surface area contributed by atoms with Crippen LogP contribution in [-0.2, 0) is 39.1 Å². The molecule has 18 rings (SSSR count). The number of ether oxygens (including phenoxy) is 4. The summed E-state index contributed by atoms with van der Waals surface area (Å²) in [5.74, 6) is 6.26. The lowest BCUT2D eigenvalue weighted by atomic mass is 9.86. The van der Waals surface area contributed by atoms with Crippen molar-refractivity contribution in [2.45, 2.75) is 195 Å². The zero-order chi connectivity index (χ0) is 100.0. The second-order valence-corrected chi connectivity index (χ2v) is 40.0. The summed E-state index contributed by atoms with van der Waals surface area (Å²) in [6.45, 7) is 19.4. The van der Waals surface area contributed by atoms with Crippen LogP contribution in [0.5, 0.6) is 23.0 Å². The van der Waals surface area contributed by atoms with E-state index in [0.717, 1.165) is 85.9 Å². The number of carbonyl (C=O) groups is 8. The van der Waals surface area contributed by atoms with Crippen LogP contribution in [-0.4, -0.2) is 241 Å². The molecular weight excluding hydrogens is 1790 g/mol. The number of fused-ring (bicyclic) bond motifs is 4. The molecular formula is C102H132FN25O12. The van der Waals surface area contributed by atoms with E-state index in [1.165, 1.54) is 50.5 Å². The number of benzene rings is 4. The summed E-state index contributed by atoms with van der Waals surface area (Å²) in [7, 11) is 16.6. The van der Waals surface area contributed by atoms with Crippen LogP contribution in [0.15, 0.2) is 110 Å². The zero-order valence-corrected chi connectivity index (χ0v) is 83.6. The standard InChI is InChI=1S/C29H38N8O3.C27H35FN6O3.C24H31N5O3.C22H28N6O3/c1-29(2)17-37(21-8-6-7-9-21)25-23(36(4)27(29)39)15-31-28(34-25)33-22-11-10-19(14-24(22)40-5)26(38)30-13-12-20-16-35(3)18-32-20;1-27(2)16-34(19-7-5-6-8-19)23-21(32(3)25(27)36)14-29-26(31-23)30-20-10-9-17(13-22(20)37-4)24(35)33-12-11-18(28)15-33;1-24(2)14-29(17-7-5-6-8-17)21-16(12-20(24)30)13-26-23(28-21)27-18-10-9-15(22(31)25-3)11-19(18)32-4;1-22(2)12-28(14-7-8-14)18-16(27(4)20(22)30)11-24-21(26-18)25-15-9-6-13(19(29)23-3)10-17(15)31-5/h10-11,14-16,18,21H,6-9,12-13,17H2,1-5H3,(H,30,38)(H,31,33,34);9-10,13-14,18-19H,5-8,11-12,15-16H2,1-4H3,(H,29,30,31);9-11,13,17H,5-8,12,14H2,1-4H3,(H,25,31)(H,26,27,28);6,9-11,14H,7-8,12H2,1-5H3,(H,23,29)(H,24,25,26)/t;18-;;/m.0../s1. The average Bonchev–Trinajstić information content (AvgIpc) is 1.62. The van der Waals surface area contributed by atoms with E-state index < -0.39 is 27.8 Å².